The molecule has 0 fully saturated rings. The minimum Gasteiger partial charge on any atom is -0.357 e. The Bertz CT molecular complexity index is 930. The molecule has 29 heavy (non-hydrogen) atoms. The monoisotopic (exact) mass is 573 g/mol. The van der Waals surface area contributed by atoms with Crippen molar-refractivity contribution < 1.29 is 8.42 Å². The van der Waals surface area contributed by atoms with E-state index in [4.69, 9.17) is 23.2 Å². The van der Waals surface area contributed by atoms with Crippen LogP contribution in [0.4, 0.5) is 0 Å². The molecular weight excluding hydrogens is 548 g/mol. The Morgan fingerprint density at radius 3 is 2.34 bits per heavy atom. The SMILES string of the molecule is CCNC(=NCc1cc(Cl)c(Cl)n1C)NCCNS(=O)(=O)c1ccc(C)cc1.I. The van der Waals surface area contributed by atoms with Crippen molar-refractivity contribution in [1.82, 2.24) is 19.9 Å². The maximum Gasteiger partial charge on any atom is 0.240 e. The number of rotatable bonds is 8. The van der Waals surface area contributed by atoms with E-state index >= 15 is 0 Å². The summed E-state index contributed by atoms with van der Waals surface area (Å²) in [4.78, 5) is 4.73. The molecule has 2 rings (SSSR count). The van der Waals surface area contributed by atoms with Gasteiger partial charge in [0.15, 0.2) is 5.96 Å². The van der Waals surface area contributed by atoms with Crippen LogP contribution in [0.5, 0.6) is 0 Å². The quantitative estimate of drug-likeness (QED) is 0.196. The highest BCUT2D eigenvalue weighted by Gasteiger charge is 2.13. The lowest BCUT2D eigenvalue weighted by Crippen LogP contribution is -2.41. The van der Waals surface area contributed by atoms with E-state index < -0.39 is 10.0 Å². The van der Waals surface area contributed by atoms with Gasteiger partial charge < -0.3 is 15.2 Å². The van der Waals surface area contributed by atoms with Gasteiger partial charge in [-0.1, -0.05) is 40.9 Å². The van der Waals surface area contributed by atoms with Crippen molar-refractivity contribution in [2.24, 2.45) is 12.0 Å². The van der Waals surface area contributed by atoms with Gasteiger partial charge in [0, 0.05) is 32.4 Å². The zero-order valence-electron chi connectivity index (χ0n) is 16.5. The minimum atomic E-state index is -3.53. The largest absolute Gasteiger partial charge is 0.357 e. The summed E-state index contributed by atoms with van der Waals surface area (Å²) in [5.74, 6) is 0.575. The average molecular weight is 574 g/mol. The van der Waals surface area contributed by atoms with E-state index in [0.29, 0.717) is 35.8 Å². The number of sulfonamides is 1. The Labute approximate surface area is 199 Å². The Hall–Kier alpha value is -1.01. The fourth-order valence-electron chi connectivity index (χ4n) is 2.41. The number of aliphatic imine (C=N–C) groups is 1. The standard InChI is InChI=1S/C18H25Cl2N5O2S.HI/c1-4-21-18(23-12-14-11-16(19)17(20)25(14)3)22-9-10-24-28(26,27)15-7-5-13(2)6-8-15;/h5-8,11,24H,4,9-10,12H2,1-3H3,(H2,21,22,23);1H. The first-order valence-corrected chi connectivity index (χ1v) is 11.1. The molecule has 1 aromatic carbocycles. The number of nitrogens with zero attached hydrogens (tertiary/aromatic N) is 2. The summed E-state index contributed by atoms with van der Waals surface area (Å²) in [5.41, 5.74) is 1.88. The van der Waals surface area contributed by atoms with Gasteiger partial charge in [0.25, 0.3) is 0 Å². The van der Waals surface area contributed by atoms with Crippen LogP contribution in [-0.4, -0.2) is 38.6 Å². The van der Waals surface area contributed by atoms with Crippen LogP contribution in [0.1, 0.15) is 18.2 Å². The maximum absolute atomic E-state index is 12.3. The molecule has 1 aromatic heterocycles. The molecule has 1 heterocycles. The number of halogens is 3. The summed E-state index contributed by atoms with van der Waals surface area (Å²) in [6.07, 6.45) is 0. The maximum atomic E-state index is 12.3. The van der Waals surface area contributed by atoms with Crippen LogP contribution in [0, 0.1) is 6.92 Å². The highest BCUT2D eigenvalue weighted by molar-refractivity contribution is 14.0. The third-order valence-electron chi connectivity index (χ3n) is 4.00. The van der Waals surface area contributed by atoms with Crippen LogP contribution < -0.4 is 15.4 Å². The molecule has 0 bridgehead atoms. The van der Waals surface area contributed by atoms with Crippen molar-refractivity contribution in [2.75, 3.05) is 19.6 Å². The van der Waals surface area contributed by atoms with Gasteiger partial charge in [0.05, 0.1) is 16.5 Å². The van der Waals surface area contributed by atoms with Crippen molar-refractivity contribution in [3.63, 3.8) is 0 Å². The zero-order chi connectivity index (χ0) is 20.7. The molecule has 0 amide bonds. The van der Waals surface area contributed by atoms with E-state index in [1.165, 1.54) is 0 Å². The van der Waals surface area contributed by atoms with Crippen LogP contribution in [0.2, 0.25) is 10.2 Å². The fraction of sp³-hybridized carbons (Fsp3) is 0.389. The second kappa shape index (κ2) is 12.0. The molecule has 0 atom stereocenters. The topological polar surface area (TPSA) is 87.5 Å². The summed E-state index contributed by atoms with van der Waals surface area (Å²) in [6.45, 7) is 5.52. The van der Waals surface area contributed by atoms with Crippen LogP contribution in [-0.2, 0) is 23.6 Å². The van der Waals surface area contributed by atoms with Crippen LogP contribution in [0.3, 0.4) is 0 Å². The first kappa shape index (κ1) is 26.0. The van der Waals surface area contributed by atoms with Gasteiger partial charge in [-0.15, -0.1) is 24.0 Å². The summed E-state index contributed by atoms with van der Waals surface area (Å²) in [5, 5.41) is 7.17. The number of guanidine groups is 1. The van der Waals surface area contributed by atoms with Gasteiger partial charge in [0.1, 0.15) is 5.15 Å². The van der Waals surface area contributed by atoms with Crippen LogP contribution in [0.25, 0.3) is 0 Å². The molecule has 3 N–H and O–H groups in total. The Balaban J connectivity index is 0.00000420. The molecule has 0 aliphatic rings. The summed E-state index contributed by atoms with van der Waals surface area (Å²) < 4.78 is 28.9. The number of nitrogens with one attached hydrogen (secondary N) is 3. The lowest BCUT2D eigenvalue weighted by atomic mass is 10.2. The number of aromatic nitrogens is 1. The molecule has 0 unspecified atom stereocenters. The van der Waals surface area contributed by atoms with Crippen LogP contribution in [0.15, 0.2) is 40.2 Å². The third kappa shape index (κ3) is 7.63. The van der Waals surface area contributed by atoms with Crippen molar-refractivity contribution >= 4 is 63.2 Å². The third-order valence-corrected chi connectivity index (χ3v) is 6.32. The van der Waals surface area contributed by atoms with E-state index in [9.17, 15) is 8.42 Å². The van der Waals surface area contributed by atoms with E-state index in [1.807, 2.05) is 20.9 Å². The van der Waals surface area contributed by atoms with Gasteiger partial charge in [0.2, 0.25) is 10.0 Å². The lowest BCUT2D eigenvalue weighted by molar-refractivity contribution is 0.580. The number of aryl methyl sites for hydroxylation is 1. The molecule has 11 heteroatoms. The van der Waals surface area contributed by atoms with Gasteiger partial charge in [-0.05, 0) is 32.0 Å². The molecule has 2 aromatic rings. The second-order valence-corrected chi connectivity index (χ2v) is 8.70. The lowest BCUT2D eigenvalue weighted by Gasteiger charge is -2.12. The van der Waals surface area contributed by atoms with Gasteiger partial charge in [-0.3, -0.25) is 0 Å². The first-order valence-electron chi connectivity index (χ1n) is 8.82. The molecule has 0 aliphatic carbocycles. The van der Waals surface area contributed by atoms with Crippen molar-refractivity contribution in [2.45, 2.75) is 25.3 Å². The van der Waals surface area contributed by atoms with Gasteiger partial charge >= 0.3 is 0 Å². The Kier molecular flexibility index (Phi) is 10.8. The molecular formula is C18H26Cl2IN5O2S. The Morgan fingerprint density at radius 1 is 1.14 bits per heavy atom. The highest BCUT2D eigenvalue weighted by atomic mass is 127. The van der Waals surface area contributed by atoms with E-state index in [-0.39, 0.29) is 35.4 Å². The first-order chi connectivity index (χ1) is 13.2. The second-order valence-electron chi connectivity index (χ2n) is 6.17. The van der Waals surface area contributed by atoms with Crippen molar-refractivity contribution in [3.8, 4) is 0 Å². The Morgan fingerprint density at radius 2 is 1.79 bits per heavy atom. The van der Waals surface area contributed by atoms with Crippen molar-refractivity contribution in [1.29, 1.82) is 0 Å². The molecule has 0 saturated heterocycles. The number of hydrogen-bond acceptors (Lipinski definition) is 3. The zero-order valence-corrected chi connectivity index (χ0v) is 21.2. The molecule has 162 valence electrons. The molecule has 0 aliphatic heterocycles. The van der Waals surface area contributed by atoms with E-state index in [2.05, 4.69) is 20.3 Å². The summed E-state index contributed by atoms with van der Waals surface area (Å²) in [7, 11) is -1.71. The van der Waals surface area contributed by atoms with Gasteiger partial charge in [-0.25, -0.2) is 18.1 Å². The van der Waals surface area contributed by atoms with Crippen molar-refractivity contribution in [3.05, 3.63) is 51.8 Å². The minimum absolute atomic E-state index is 0. The molecule has 0 saturated carbocycles. The normalized spacial score (nSPS) is 11.8. The van der Waals surface area contributed by atoms with E-state index in [0.717, 1.165) is 11.3 Å². The smallest absolute Gasteiger partial charge is 0.240 e. The van der Waals surface area contributed by atoms with E-state index in [1.54, 1.807) is 34.9 Å². The number of hydrogen-bond donors (Lipinski definition) is 3. The summed E-state index contributed by atoms with van der Waals surface area (Å²) >= 11 is 12.1. The predicted octanol–water partition coefficient (Wildman–Crippen LogP) is 3.29. The van der Waals surface area contributed by atoms with Gasteiger partial charge in [-0.2, -0.15) is 0 Å². The molecule has 7 nitrogen and oxygen atoms in total. The average Bonchev–Trinajstić information content (AvgIpc) is 2.90. The molecule has 0 radical (unpaired) electrons. The number of benzene rings is 1. The summed E-state index contributed by atoms with van der Waals surface area (Å²) in [6, 6.07) is 8.49. The fourth-order valence-corrected chi connectivity index (χ4v) is 3.86. The highest BCUT2D eigenvalue weighted by Crippen LogP contribution is 2.25. The van der Waals surface area contributed by atoms with Crippen LogP contribution >= 0.6 is 47.2 Å². The predicted molar refractivity (Wildman–Crippen MR) is 130 cm³/mol. The molecule has 0 spiro atoms.